The van der Waals surface area contributed by atoms with Crippen molar-refractivity contribution in [3.05, 3.63) is 58.1 Å². The van der Waals surface area contributed by atoms with Crippen LogP contribution in [0.25, 0.3) is 0 Å². The van der Waals surface area contributed by atoms with Crippen molar-refractivity contribution in [2.24, 2.45) is 10.8 Å². The van der Waals surface area contributed by atoms with Crippen LogP contribution in [0.4, 0.5) is 0 Å². The fraction of sp³-hybridized carbons (Fsp3) is 0.536. The van der Waals surface area contributed by atoms with Gasteiger partial charge >= 0.3 is 0 Å². The first-order valence-corrected chi connectivity index (χ1v) is 14.6. The minimum Gasteiger partial charge on any atom is -0.493 e. The average molecular weight is 516 g/mol. The van der Waals surface area contributed by atoms with Crippen LogP contribution in [0.2, 0.25) is 5.02 Å². The highest BCUT2D eigenvalue weighted by Gasteiger charge is 2.67. The summed E-state index contributed by atoms with van der Waals surface area (Å²) in [5.74, 6) is 1.57. The molecule has 188 valence electrons. The van der Waals surface area contributed by atoms with Gasteiger partial charge in [0.1, 0.15) is 21.7 Å². The van der Waals surface area contributed by atoms with Gasteiger partial charge in [0, 0.05) is 17.1 Å². The fourth-order valence-electron chi connectivity index (χ4n) is 5.81. The van der Waals surface area contributed by atoms with E-state index in [1.54, 1.807) is 0 Å². The molecule has 3 fully saturated rings. The molecule has 7 heteroatoms. The largest absolute Gasteiger partial charge is 0.493 e. The molecule has 0 atom stereocenters. The van der Waals surface area contributed by atoms with Crippen molar-refractivity contribution >= 4 is 21.4 Å². The van der Waals surface area contributed by atoms with Gasteiger partial charge in [0.25, 0.3) is 0 Å². The molecule has 0 aliphatic heterocycles. The van der Waals surface area contributed by atoms with E-state index in [9.17, 15) is 13.7 Å². The zero-order valence-corrected chi connectivity index (χ0v) is 22.6. The number of hydrogen-bond acceptors (Lipinski definition) is 5. The van der Waals surface area contributed by atoms with Gasteiger partial charge in [0.05, 0.1) is 29.6 Å². The van der Waals surface area contributed by atoms with E-state index in [0.29, 0.717) is 29.5 Å². The Kier molecular flexibility index (Phi) is 6.89. The highest BCUT2D eigenvalue weighted by molar-refractivity contribution is 7.90. The summed E-state index contributed by atoms with van der Waals surface area (Å²) in [5.41, 5.74) is 2.59. The number of rotatable bonds is 11. The molecule has 0 unspecified atom stereocenters. The number of benzene rings is 2. The number of nitrogens with zero attached hydrogens (tertiary/aromatic N) is 1. The van der Waals surface area contributed by atoms with E-state index in [1.165, 1.54) is 6.26 Å². The molecule has 0 amide bonds. The average Bonchev–Trinajstić information content (AvgIpc) is 2.75. The third-order valence-corrected chi connectivity index (χ3v) is 8.94. The topological polar surface area (TPSA) is 76.4 Å². The molecule has 3 saturated carbocycles. The molecule has 2 aromatic carbocycles. The minimum atomic E-state index is -2.89. The summed E-state index contributed by atoms with van der Waals surface area (Å²) in [6.45, 7) is 7.43. The van der Waals surface area contributed by atoms with E-state index in [0.717, 1.165) is 49.0 Å². The molecule has 3 aliphatic carbocycles. The molecule has 0 radical (unpaired) electrons. The molecule has 5 nitrogen and oxygen atoms in total. The van der Waals surface area contributed by atoms with Gasteiger partial charge in [-0.1, -0.05) is 44.5 Å². The SMILES string of the molecule is CCCOc1c(Cl)cc(C(C)(C)c2ccc(OCC34CC(CCS(C)(=O)=O)(C3)C4)cc2)cc1C#N. The van der Waals surface area contributed by atoms with Crippen molar-refractivity contribution in [2.45, 2.75) is 58.3 Å². The predicted octanol–water partition coefficient (Wildman–Crippen LogP) is 6.31. The molecule has 3 aliphatic rings. The molecular formula is C28H34ClNO4S. The Hall–Kier alpha value is -2.23. The van der Waals surface area contributed by atoms with Crippen LogP contribution in [-0.4, -0.2) is 33.6 Å². The zero-order valence-electron chi connectivity index (χ0n) is 21.0. The number of sulfone groups is 1. The standard InChI is InChI=1S/C28H34ClNO4S/c1-5-11-33-25-20(15-30)13-22(14-24(25)29)26(2,3)21-6-8-23(9-7-21)34-19-28-16-27(17-28,18-28)10-12-35(4,31)32/h6-9,13-14H,5,10-12,16-19H2,1-4H3. The Balaban J connectivity index is 1.38. The molecule has 0 spiro atoms. The van der Waals surface area contributed by atoms with Gasteiger partial charge in [-0.25, -0.2) is 8.42 Å². The van der Waals surface area contributed by atoms with Gasteiger partial charge in [-0.15, -0.1) is 0 Å². The summed E-state index contributed by atoms with van der Waals surface area (Å²) >= 11 is 6.50. The van der Waals surface area contributed by atoms with Crippen LogP contribution in [0.5, 0.6) is 11.5 Å². The number of halogens is 1. The second-order valence-electron chi connectivity index (χ2n) is 11.1. The summed E-state index contributed by atoms with van der Waals surface area (Å²) < 4.78 is 34.8. The Labute approximate surface area is 214 Å². The summed E-state index contributed by atoms with van der Waals surface area (Å²) in [7, 11) is -2.89. The first-order chi connectivity index (χ1) is 16.4. The van der Waals surface area contributed by atoms with E-state index in [-0.39, 0.29) is 22.0 Å². The molecule has 35 heavy (non-hydrogen) atoms. The molecule has 0 aromatic heterocycles. The molecular weight excluding hydrogens is 482 g/mol. The normalized spacial score (nSPS) is 23.1. The van der Waals surface area contributed by atoms with Crippen molar-refractivity contribution in [3.63, 3.8) is 0 Å². The van der Waals surface area contributed by atoms with Gasteiger partial charge in [-0.2, -0.15) is 5.26 Å². The zero-order chi connectivity index (χ0) is 25.5. The Morgan fingerprint density at radius 3 is 2.29 bits per heavy atom. The van der Waals surface area contributed by atoms with Crippen LogP contribution < -0.4 is 9.47 Å². The number of nitriles is 1. The first kappa shape index (κ1) is 25.9. The van der Waals surface area contributed by atoms with E-state index in [1.807, 2.05) is 31.2 Å². The summed E-state index contributed by atoms with van der Waals surface area (Å²) in [6.07, 6.45) is 6.15. The predicted molar refractivity (Wildman–Crippen MR) is 139 cm³/mol. The third-order valence-electron chi connectivity index (χ3n) is 7.71. The number of ether oxygens (including phenoxy) is 2. The van der Waals surface area contributed by atoms with E-state index in [2.05, 4.69) is 32.0 Å². The Morgan fingerprint density at radius 2 is 1.71 bits per heavy atom. The monoisotopic (exact) mass is 515 g/mol. The lowest BCUT2D eigenvalue weighted by molar-refractivity contribution is -0.219. The van der Waals surface area contributed by atoms with Gasteiger partial charge in [0.2, 0.25) is 0 Å². The van der Waals surface area contributed by atoms with Crippen LogP contribution in [0.1, 0.15) is 69.6 Å². The summed E-state index contributed by atoms with van der Waals surface area (Å²) in [4.78, 5) is 0. The maximum atomic E-state index is 11.5. The van der Waals surface area contributed by atoms with Crippen LogP contribution >= 0.6 is 11.6 Å². The smallest absolute Gasteiger partial charge is 0.155 e. The van der Waals surface area contributed by atoms with E-state index < -0.39 is 9.84 Å². The van der Waals surface area contributed by atoms with Crippen molar-refractivity contribution in [3.8, 4) is 17.6 Å². The van der Waals surface area contributed by atoms with Crippen LogP contribution in [0, 0.1) is 22.2 Å². The van der Waals surface area contributed by atoms with Crippen molar-refractivity contribution in [2.75, 3.05) is 25.2 Å². The molecule has 2 bridgehead atoms. The lowest BCUT2D eigenvalue weighted by atomic mass is 9.35. The molecule has 0 saturated heterocycles. The minimum absolute atomic E-state index is 0.224. The molecule has 5 rings (SSSR count). The van der Waals surface area contributed by atoms with Gasteiger partial charge in [-0.05, 0) is 72.9 Å². The lowest BCUT2D eigenvalue weighted by Crippen LogP contribution is -2.64. The van der Waals surface area contributed by atoms with E-state index >= 15 is 0 Å². The molecule has 2 aromatic rings. The highest BCUT2D eigenvalue weighted by Crippen LogP contribution is 2.74. The maximum Gasteiger partial charge on any atom is 0.155 e. The molecule has 0 N–H and O–H groups in total. The summed E-state index contributed by atoms with van der Waals surface area (Å²) in [6, 6.07) is 14.1. The van der Waals surface area contributed by atoms with Crippen molar-refractivity contribution in [1.29, 1.82) is 5.26 Å². The van der Waals surface area contributed by atoms with Crippen molar-refractivity contribution in [1.82, 2.24) is 0 Å². The lowest BCUT2D eigenvalue weighted by Gasteiger charge is -2.70. The van der Waals surface area contributed by atoms with Crippen LogP contribution in [0.3, 0.4) is 0 Å². The second-order valence-corrected chi connectivity index (χ2v) is 13.8. The Bertz CT molecular complexity index is 1230. The quantitative estimate of drug-likeness (QED) is 0.350. The fourth-order valence-corrected chi connectivity index (χ4v) is 6.89. The third kappa shape index (κ3) is 5.32. The van der Waals surface area contributed by atoms with Gasteiger partial charge in [0.15, 0.2) is 5.75 Å². The van der Waals surface area contributed by atoms with Gasteiger partial charge in [-0.3, -0.25) is 0 Å². The summed E-state index contributed by atoms with van der Waals surface area (Å²) in [5, 5.41) is 10.1. The van der Waals surface area contributed by atoms with Crippen LogP contribution in [-0.2, 0) is 15.3 Å². The molecule has 0 heterocycles. The number of hydrogen-bond donors (Lipinski definition) is 0. The Morgan fingerprint density at radius 1 is 1.06 bits per heavy atom. The van der Waals surface area contributed by atoms with E-state index in [4.69, 9.17) is 21.1 Å². The van der Waals surface area contributed by atoms with Crippen molar-refractivity contribution < 1.29 is 17.9 Å². The first-order valence-electron chi connectivity index (χ1n) is 12.2. The second kappa shape index (κ2) is 9.33. The highest BCUT2D eigenvalue weighted by atomic mass is 35.5. The van der Waals surface area contributed by atoms with Crippen LogP contribution in [0.15, 0.2) is 36.4 Å². The maximum absolute atomic E-state index is 11.5. The van der Waals surface area contributed by atoms with Gasteiger partial charge < -0.3 is 9.47 Å².